The molecule has 0 atom stereocenters. The Morgan fingerprint density at radius 3 is 2.43 bits per heavy atom. The smallest absolute Gasteiger partial charge is 0.271 e. The molecule has 1 amide bonds. The number of oxazole rings is 1. The second-order valence-electron chi connectivity index (χ2n) is 6.56. The van der Waals surface area contributed by atoms with Crippen LogP contribution in [0.4, 0.5) is 8.78 Å². The van der Waals surface area contributed by atoms with E-state index in [0.29, 0.717) is 31.0 Å². The first-order valence-electron chi connectivity index (χ1n) is 9.18. The number of likely N-dealkylation sites (N-methyl/N-ethyl adjacent to an activating group) is 1. The van der Waals surface area contributed by atoms with Crippen LogP contribution in [0.3, 0.4) is 0 Å². The monoisotopic (exact) mass is 417 g/mol. The fourth-order valence-corrected chi connectivity index (χ4v) is 2.80. The van der Waals surface area contributed by atoms with E-state index in [0.717, 1.165) is 12.1 Å². The van der Waals surface area contributed by atoms with Crippen LogP contribution in [0.2, 0.25) is 0 Å². The van der Waals surface area contributed by atoms with Gasteiger partial charge in [-0.15, -0.1) is 0 Å². The van der Waals surface area contributed by atoms with E-state index in [2.05, 4.69) is 4.98 Å². The van der Waals surface area contributed by atoms with Crippen LogP contribution in [0.15, 0.2) is 46.9 Å². The van der Waals surface area contributed by atoms with Gasteiger partial charge in [-0.1, -0.05) is 6.07 Å². The second-order valence-corrected chi connectivity index (χ2v) is 6.56. The highest BCUT2D eigenvalue weighted by molar-refractivity contribution is 5.97. The number of amides is 1. The summed E-state index contributed by atoms with van der Waals surface area (Å²) in [7, 11) is 1.87. The number of aliphatic hydroxyl groups excluding tert-OH is 1. The topological polar surface area (TPSA) is 102 Å². The molecule has 3 rings (SSSR count). The molecule has 0 aliphatic carbocycles. The van der Waals surface area contributed by atoms with Crippen molar-refractivity contribution in [1.29, 1.82) is 0 Å². The standard InChI is InChI=1S/C21H21F2N3O4/c1-26(9-11-27)10-12-29-14-7-5-13(6-8-14)19-18(20(24)28)25-21(30-19)17-15(22)3-2-4-16(17)23/h2-8,27H,9-12H2,1H3,(H2,24,28). The molecule has 0 saturated carbocycles. The summed E-state index contributed by atoms with van der Waals surface area (Å²) in [4.78, 5) is 17.6. The lowest BCUT2D eigenvalue weighted by Crippen LogP contribution is -2.27. The summed E-state index contributed by atoms with van der Waals surface area (Å²) in [5.41, 5.74) is 5.12. The van der Waals surface area contributed by atoms with Crippen LogP contribution in [0.5, 0.6) is 5.75 Å². The highest BCUT2D eigenvalue weighted by Crippen LogP contribution is 2.33. The minimum atomic E-state index is -0.885. The van der Waals surface area contributed by atoms with Gasteiger partial charge in [0.25, 0.3) is 5.91 Å². The zero-order chi connectivity index (χ0) is 21.7. The van der Waals surface area contributed by atoms with Gasteiger partial charge in [0.15, 0.2) is 11.5 Å². The van der Waals surface area contributed by atoms with Crippen LogP contribution in [0.25, 0.3) is 22.8 Å². The molecule has 0 saturated heterocycles. The van der Waals surface area contributed by atoms with Crippen molar-refractivity contribution in [3.63, 3.8) is 0 Å². The van der Waals surface area contributed by atoms with Crippen molar-refractivity contribution < 1.29 is 27.8 Å². The Hall–Kier alpha value is -3.30. The molecule has 1 aromatic heterocycles. The number of ether oxygens (including phenoxy) is 1. The number of carbonyl (C=O) groups is 1. The van der Waals surface area contributed by atoms with Crippen LogP contribution in [0.1, 0.15) is 10.5 Å². The fraction of sp³-hybridized carbons (Fsp3) is 0.238. The molecule has 158 valence electrons. The van der Waals surface area contributed by atoms with Gasteiger partial charge in [-0.2, -0.15) is 0 Å². The van der Waals surface area contributed by atoms with Crippen LogP contribution in [0, 0.1) is 11.6 Å². The van der Waals surface area contributed by atoms with E-state index < -0.39 is 23.1 Å². The first-order chi connectivity index (χ1) is 14.4. The van der Waals surface area contributed by atoms with E-state index in [-0.39, 0.29) is 24.0 Å². The Morgan fingerprint density at radius 2 is 1.83 bits per heavy atom. The van der Waals surface area contributed by atoms with E-state index in [9.17, 15) is 13.6 Å². The van der Waals surface area contributed by atoms with Gasteiger partial charge >= 0.3 is 0 Å². The molecule has 9 heteroatoms. The highest BCUT2D eigenvalue weighted by Gasteiger charge is 2.24. The van der Waals surface area contributed by atoms with Crippen molar-refractivity contribution in [1.82, 2.24) is 9.88 Å². The largest absolute Gasteiger partial charge is 0.492 e. The maximum absolute atomic E-state index is 14.1. The Bertz CT molecular complexity index is 1000. The van der Waals surface area contributed by atoms with Gasteiger partial charge in [0.2, 0.25) is 5.89 Å². The summed E-state index contributed by atoms with van der Waals surface area (Å²) < 4.78 is 39.3. The molecule has 7 nitrogen and oxygen atoms in total. The number of nitrogens with zero attached hydrogens (tertiary/aromatic N) is 2. The maximum atomic E-state index is 14.1. The predicted octanol–water partition coefficient (Wildman–Crippen LogP) is 2.69. The van der Waals surface area contributed by atoms with Gasteiger partial charge in [0.1, 0.15) is 29.6 Å². The Labute approximate surface area is 171 Å². The Balaban J connectivity index is 1.83. The molecule has 2 aromatic carbocycles. The first-order valence-corrected chi connectivity index (χ1v) is 9.18. The van der Waals surface area contributed by atoms with Crippen molar-refractivity contribution >= 4 is 5.91 Å². The van der Waals surface area contributed by atoms with E-state index in [1.54, 1.807) is 24.3 Å². The Morgan fingerprint density at radius 1 is 1.17 bits per heavy atom. The summed E-state index contributed by atoms with van der Waals surface area (Å²) in [5, 5.41) is 8.89. The third-order valence-corrected chi connectivity index (χ3v) is 4.38. The first kappa shape index (κ1) is 21.4. The van der Waals surface area contributed by atoms with E-state index in [1.165, 1.54) is 6.07 Å². The molecule has 0 aliphatic rings. The lowest BCUT2D eigenvalue weighted by Gasteiger charge is -2.15. The third kappa shape index (κ3) is 4.81. The van der Waals surface area contributed by atoms with Crippen molar-refractivity contribution in [3.05, 3.63) is 59.8 Å². The molecule has 0 fully saturated rings. The van der Waals surface area contributed by atoms with Gasteiger partial charge in [-0.25, -0.2) is 13.8 Å². The number of aromatic nitrogens is 1. The molecule has 30 heavy (non-hydrogen) atoms. The van der Waals surface area contributed by atoms with Crippen molar-refractivity contribution in [2.75, 3.05) is 33.4 Å². The predicted molar refractivity (Wildman–Crippen MR) is 106 cm³/mol. The third-order valence-electron chi connectivity index (χ3n) is 4.38. The quantitative estimate of drug-likeness (QED) is 0.555. The van der Waals surface area contributed by atoms with Crippen molar-refractivity contribution in [3.8, 4) is 28.5 Å². The second kappa shape index (κ2) is 9.47. The minimum absolute atomic E-state index is 0.00869. The zero-order valence-electron chi connectivity index (χ0n) is 16.3. The summed E-state index contributed by atoms with van der Waals surface area (Å²) >= 11 is 0. The number of carbonyl (C=O) groups excluding carboxylic acids is 1. The van der Waals surface area contributed by atoms with Crippen molar-refractivity contribution in [2.45, 2.75) is 0 Å². The number of benzene rings is 2. The number of hydrogen-bond donors (Lipinski definition) is 2. The molecule has 0 radical (unpaired) electrons. The molecule has 1 heterocycles. The van der Waals surface area contributed by atoms with Crippen LogP contribution < -0.4 is 10.5 Å². The lowest BCUT2D eigenvalue weighted by atomic mass is 10.1. The van der Waals surface area contributed by atoms with E-state index >= 15 is 0 Å². The van der Waals surface area contributed by atoms with Gasteiger partial charge in [-0.3, -0.25) is 4.79 Å². The van der Waals surface area contributed by atoms with Crippen LogP contribution in [-0.2, 0) is 0 Å². The molecule has 3 N–H and O–H groups in total. The number of hydrogen-bond acceptors (Lipinski definition) is 6. The van der Waals surface area contributed by atoms with Crippen LogP contribution >= 0.6 is 0 Å². The molecular weight excluding hydrogens is 396 g/mol. The molecular formula is C21H21F2N3O4. The number of aliphatic hydroxyl groups is 1. The van der Waals surface area contributed by atoms with Gasteiger partial charge in [0, 0.05) is 18.7 Å². The summed E-state index contributed by atoms with van der Waals surface area (Å²) in [6.07, 6.45) is 0. The van der Waals surface area contributed by atoms with Crippen molar-refractivity contribution in [2.24, 2.45) is 5.73 Å². The minimum Gasteiger partial charge on any atom is -0.492 e. The molecule has 0 spiro atoms. The highest BCUT2D eigenvalue weighted by atomic mass is 19.1. The summed E-state index contributed by atoms with van der Waals surface area (Å²) in [5.74, 6) is -2.40. The Kier molecular flexibility index (Phi) is 6.76. The lowest BCUT2D eigenvalue weighted by molar-refractivity contribution is 0.0996. The maximum Gasteiger partial charge on any atom is 0.271 e. The van der Waals surface area contributed by atoms with Crippen LogP contribution in [-0.4, -0.2) is 54.2 Å². The normalized spacial score (nSPS) is 11.1. The average Bonchev–Trinajstić information content (AvgIpc) is 3.14. The average molecular weight is 417 g/mol. The number of rotatable bonds is 9. The fourth-order valence-electron chi connectivity index (χ4n) is 2.80. The molecule has 0 bridgehead atoms. The van der Waals surface area contributed by atoms with Gasteiger partial charge < -0.3 is 24.9 Å². The summed E-state index contributed by atoms with van der Waals surface area (Å²) in [6, 6.07) is 9.93. The molecule has 0 unspecified atom stereocenters. The number of nitrogens with two attached hydrogens (primary N) is 1. The summed E-state index contributed by atoms with van der Waals surface area (Å²) in [6.45, 7) is 1.67. The van der Waals surface area contributed by atoms with E-state index in [4.69, 9.17) is 20.0 Å². The van der Waals surface area contributed by atoms with E-state index in [1.807, 2.05) is 11.9 Å². The molecule has 0 aliphatic heterocycles. The number of halogens is 2. The number of primary amides is 1. The SMILES string of the molecule is CN(CCO)CCOc1ccc(-c2oc(-c3c(F)cccc3F)nc2C(N)=O)cc1. The zero-order valence-corrected chi connectivity index (χ0v) is 16.3. The molecule has 3 aromatic rings. The van der Waals surface area contributed by atoms with Gasteiger partial charge in [0.05, 0.1) is 6.61 Å². The van der Waals surface area contributed by atoms with Gasteiger partial charge in [-0.05, 0) is 43.4 Å².